The van der Waals surface area contributed by atoms with E-state index in [0.717, 1.165) is 5.56 Å². The minimum atomic E-state index is -5.33. The summed E-state index contributed by atoms with van der Waals surface area (Å²) in [6.07, 6.45) is -2.12. The highest BCUT2D eigenvalue weighted by molar-refractivity contribution is 7.99. The number of hydrogen-bond donors (Lipinski definition) is 0. The van der Waals surface area contributed by atoms with Crippen LogP contribution in [0.5, 0.6) is 0 Å². The molecule has 4 rings (SSSR count). The molecule has 190 valence electrons. The molecule has 37 heavy (non-hydrogen) atoms. The molecule has 0 spiro atoms. The van der Waals surface area contributed by atoms with Crippen LogP contribution in [0.1, 0.15) is 21.6 Å². The molecule has 4 aromatic rings. The lowest BCUT2D eigenvalue weighted by molar-refractivity contribution is -0.193. The SMILES string of the molecule is Cc1c(C(=O)OC(=O)C(F)(F)F)c(-c2ccccc2)c(Sc2cc(Cl)cc(Cl)c2)n1Cc1ccncc1. The van der Waals surface area contributed by atoms with E-state index in [1.54, 1.807) is 84.5 Å². The number of rotatable bonds is 6. The van der Waals surface area contributed by atoms with Gasteiger partial charge < -0.3 is 9.30 Å². The van der Waals surface area contributed by atoms with Crippen molar-refractivity contribution in [2.24, 2.45) is 0 Å². The summed E-state index contributed by atoms with van der Waals surface area (Å²) >= 11 is 13.6. The van der Waals surface area contributed by atoms with E-state index in [4.69, 9.17) is 23.2 Å². The Morgan fingerprint density at radius 2 is 1.62 bits per heavy atom. The highest BCUT2D eigenvalue weighted by atomic mass is 35.5. The van der Waals surface area contributed by atoms with Crippen molar-refractivity contribution >= 4 is 46.9 Å². The Morgan fingerprint density at radius 1 is 1.00 bits per heavy atom. The average molecular weight is 565 g/mol. The van der Waals surface area contributed by atoms with Crippen LogP contribution < -0.4 is 0 Å². The van der Waals surface area contributed by atoms with Crippen LogP contribution in [0.4, 0.5) is 13.2 Å². The Kier molecular flexibility index (Phi) is 7.96. The first-order chi connectivity index (χ1) is 17.5. The predicted molar refractivity (Wildman–Crippen MR) is 135 cm³/mol. The monoisotopic (exact) mass is 564 g/mol. The molecule has 0 atom stereocenters. The zero-order chi connectivity index (χ0) is 26.7. The third-order valence-electron chi connectivity index (χ3n) is 5.30. The lowest BCUT2D eigenvalue weighted by Gasteiger charge is -2.13. The third kappa shape index (κ3) is 6.18. The van der Waals surface area contributed by atoms with E-state index >= 15 is 0 Å². The quantitative estimate of drug-likeness (QED) is 0.178. The minimum Gasteiger partial charge on any atom is -0.383 e. The highest BCUT2D eigenvalue weighted by Crippen LogP contribution is 2.43. The second-order valence-corrected chi connectivity index (χ2v) is 9.77. The van der Waals surface area contributed by atoms with Crippen LogP contribution in [0.15, 0.2) is 83.0 Å². The van der Waals surface area contributed by atoms with Crippen LogP contribution in [0, 0.1) is 6.92 Å². The molecular formula is C26H17Cl2F3N2O3S. The average Bonchev–Trinajstić information content (AvgIpc) is 3.10. The molecule has 2 aromatic carbocycles. The van der Waals surface area contributed by atoms with Crippen LogP contribution in [0.3, 0.4) is 0 Å². The van der Waals surface area contributed by atoms with E-state index in [0.29, 0.717) is 36.8 Å². The Balaban J connectivity index is 1.95. The van der Waals surface area contributed by atoms with Gasteiger partial charge in [0.15, 0.2) is 0 Å². The van der Waals surface area contributed by atoms with E-state index in [2.05, 4.69) is 9.72 Å². The van der Waals surface area contributed by atoms with E-state index in [9.17, 15) is 22.8 Å². The van der Waals surface area contributed by atoms with E-state index in [-0.39, 0.29) is 12.1 Å². The fourth-order valence-electron chi connectivity index (χ4n) is 3.69. The van der Waals surface area contributed by atoms with Crippen molar-refractivity contribution in [3.05, 3.63) is 99.9 Å². The summed E-state index contributed by atoms with van der Waals surface area (Å²) in [6.45, 7) is 1.84. The Labute approximate surface area is 224 Å². The molecule has 0 saturated heterocycles. The van der Waals surface area contributed by atoms with Gasteiger partial charge in [-0.3, -0.25) is 4.98 Å². The maximum atomic E-state index is 13.1. The number of benzene rings is 2. The molecule has 5 nitrogen and oxygen atoms in total. The molecule has 0 saturated carbocycles. The molecule has 2 heterocycles. The summed E-state index contributed by atoms with van der Waals surface area (Å²) < 4.78 is 44.8. The van der Waals surface area contributed by atoms with Crippen LogP contribution in [-0.2, 0) is 16.1 Å². The predicted octanol–water partition coefficient (Wildman–Crippen LogP) is 7.61. The van der Waals surface area contributed by atoms with Crippen molar-refractivity contribution in [3.63, 3.8) is 0 Å². The van der Waals surface area contributed by atoms with Gasteiger partial charge in [0.25, 0.3) is 0 Å². The third-order valence-corrected chi connectivity index (χ3v) is 6.83. The van der Waals surface area contributed by atoms with Gasteiger partial charge in [-0.15, -0.1) is 0 Å². The number of carbonyl (C=O) groups excluding carboxylic acids is 2. The summed E-state index contributed by atoms with van der Waals surface area (Å²) in [5, 5.41) is 1.29. The normalized spacial score (nSPS) is 11.4. The fraction of sp³-hybridized carbons (Fsp3) is 0.115. The zero-order valence-corrected chi connectivity index (χ0v) is 21.4. The van der Waals surface area contributed by atoms with Crippen molar-refractivity contribution in [3.8, 4) is 11.1 Å². The maximum Gasteiger partial charge on any atom is 0.491 e. The molecular weight excluding hydrogens is 548 g/mol. The summed E-state index contributed by atoms with van der Waals surface area (Å²) in [5.41, 5.74) is 1.83. The second kappa shape index (κ2) is 11.0. The molecule has 11 heteroatoms. The van der Waals surface area contributed by atoms with Gasteiger partial charge in [0.2, 0.25) is 0 Å². The Morgan fingerprint density at radius 3 is 2.22 bits per heavy atom. The lowest BCUT2D eigenvalue weighted by atomic mass is 10.0. The first-order valence-electron chi connectivity index (χ1n) is 10.7. The highest BCUT2D eigenvalue weighted by Gasteiger charge is 2.43. The smallest absolute Gasteiger partial charge is 0.383 e. The van der Waals surface area contributed by atoms with Gasteiger partial charge in [0.05, 0.1) is 10.6 Å². The van der Waals surface area contributed by atoms with Gasteiger partial charge in [-0.05, 0) is 48.4 Å². The van der Waals surface area contributed by atoms with Crippen molar-refractivity contribution in [1.29, 1.82) is 0 Å². The van der Waals surface area contributed by atoms with Gasteiger partial charge in [-0.2, -0.15) is 13.2 Å². The number of nitrogens with zero attached hydrogens (tertiary/aromatic N) is 2. The number of esters is 2. The molecule has 0 unspecified atom stereocenters. The van der Waals surface area contributed by atoms with Gasteiger partial charge >= 0.3 is 18.1 Å². The van der Waals surface area contributed by atoms with Crippen molar-refractivity contribution < 1.29 is 27.5 Å². The number of hydrogen-bond acceptors (Lipinski definition) is 5. The van der Waals surface area contributed by atoms with Gasteiger partial charge in [-0.1, -0.05) is 65.3 Å². The number of ether oxygens (including phenoxy) is 1. The summed E-state index contributed by atoms with van der Waals surface area (Å²) in [5.74, 6) is -3.99. The van der Waals surface area contributed by atoms with Crippen LogP contribution >= 0.6 is 35.0 Å². The molecule has 2 aromatic heterocycles. The Bertz CT molecular complexity index is 1440. The van der Waals surface area contributed by atoms with E-state index in [1.165, 1.54) is 11.8 Å². The van der Waals surface area contributed by atoms with Gasteiger partial charge in [0.1, 0.15) is 0 Å². The van der Waals surface area contributed by atoms with Crippen molar-refractivity contribution in [2.45, 2.75) is 29.6 Å². The summed E-state index contributed by atoms with van der Waals surface area (Å²) in [4.78, 5) is 29.3. The first-order valence-corrected chi connectivity index (χ1v) is 12.3. The molecule has 0 aliphatic rings. The molecule has 0 bridgehead atoms. The number of pyridine rings is 1. The second-order valence-electron chi connectivity index (χ2n) is 7.83. The molecule has 0 amide bonds. The van der Waals surface area contributed by atoms with Crippen molar-refractivity contribution in [1.82, 2.24) is 9.55 Å². The molecule has 0 aliphatic carbocycles. The van der Waals surface area contributed by atoms with Crippen molar-refractivity contribution in [2.75, 3.05) is 0 Å². The number of halogens is 5. The Hall–Kier alpha value is -3.27. The molecule has 0 fully saturated rings. The van der Waals surface area contributed by atoms with Gasteiger partial charge in [-0.25, -0.2) is 9.59 Å². The van der Waals surface area contributed by atoms with E-state index < -0.39 is 18.1 Å². The minimum absolute atomic E-state index is 0.159. The summed E-state index contributed by atoms with van der Waals surface area (Å²) in [7, 11) is 0. The zero-order valence-electron chi connectivity index (χ0n) is 19.1. The van der Waals surface area contributed by atoms with E-state index in [1.807, 2.05) is 0 Å². The molecule has 0 radical (unpaired) electrons. The van der Waals surface area contributed by atoms with Gasteiger partial charge in [0, 0.05) is 45.1 Å². The van der Waals surface area contributed by atoms with Crippen LogP contribution in [0.2, 0.25) is 10.0 Å². The largest absolute Gasteiger partial charge is 0.491 e. The topological polar surface area (TPSA) is 61.2 Å². The van der Waals surface area contributed by atoms with Crippen LogP contribution in [-0.4, -0.2) is 27.7 Å². The lowest BCUT2D eigenvalue weighted by Crippen LogP contribution is -2.28. The number of aromatic nitrogens is 2. The summed E-state index contributed by atoms with van der Waals surface area (Å²) in [6, 6.07) is 17.1. The fourth-order valence-corrected chi connectivity index (χ4v) is 5.58. The standard InChI is InChI=1S/C26H17Cl2F3N2O3S/c1-15-21(24(34)36-25(35)26(29,30)31)22(17-5-3-2-4-6-17)23(33(15)14-16-7-9-32-10-8-16)37-20-12-18(27)11-19(28)13-20/h2-13H,14H2,1H3. The van der Waals surface area contributed by atoms with Crippen LogP contribution in [0.25, 0.3) is 11.1 Å². The molecule has 0 aliphatic heterocycles. The first kappa shape index (κ1) is 26.8. The molecule has 0 N–H and O–H groups in total. The number of carbonyl (C=O) groups is 2. The maximum absolute atomic E-state index is 13.1. The number of alkyl halides is 3.